The Labute approximate surface area is 167 Å². The summed E-state index contributed by atoms with van der Waals surface area (Å²) >= 11 is 4.13. The summed E-state index contributed by atoms with van der Waals surface area (Å²) in [6.45, 7) is 2.22. The van der Waals surface area contributed by atoms with E-state index in [1.165, 1.54) is 30.3 Å². The minimum atomic E-state index is -0.466. The van der Waals surface area contributed by atoms with Gasteiger partial charge >= 0.3 is 0 Å². The predicted octanol–water partition coefficient (Wildman–Crippen LogP) is 4.93. The lowest BCUT2D eigenvalue weighted by Crippen LogP contribution is -2.27. The highest BCUT2D eigenvalue weighted by Gasteiger charge is 2.35. The van der Waals surface area contributed by atoms with Crippen LogP contribution in [0.25, 0.3) is 6.08 Å². The minimum absolute atomic E-state index is 0.0525. The molecule has 1 aliphatic rings. The van der Waals surface area contributed by atoms with Gasteiger partial charge in [0, 0.05) is 10.0 Å². The van der Waals surface area contributed by atoms with Crippen LogP contribution in [0.3, 0.4) is 0 Å². The molecule has 1 heterocycles. The van der Waals surface area contributed by atoms with Crippen LogP contribution >= 0.6 is 27.7 Å². The molecule has 1 saturated heterocycles. The fourth-order valence-corrected chi connectivity index (χ4v) is 3.80. The van der Waals surface area contributed by atoms with Crippen LogP contribution in [0.1, 0.15) is 18.1 Å². The van der Waals surface area contributed by atoms with Crippen molar-refractivity contribution in [2.24, 2.45) is 0 Å². The summed E-state index contributed by atoms with van der Waals surface area (Å²) in [5.74, 6) is -0.677. The Bertz CT molecular complexity index is 930. The molecule has 0 aliphatic carbocycles. The second-order valence-corrected chi connectivity index (χ2v) is 7.58. The van der Waals surface area contributed by atoms with E-state index in [0.29, 0.717) is 22.2 Å². The van der Waals surface area contributed by atoms with Crippen LogP contribution < -0.4 is 4.74 Å². The lowest BCUT2D eigenvalue weighted by Gasteiger charge is -2.12. The normalized spacial score (nSPS) is 15.7. The van der Waals surface area contributed by atoms with Crippen LogP contribution in [0.2, 0.25) is 0 Å². The number of halogens is 2. The number of rotatable bonds is 5. The van der Waals surface area contributed by atoms with Crippen molar-refractivity contribution in [3.8, 4) is 11.5 Å². The molecule has 2 amide bonds. The van der Waals surface area contributed by atoms with E-state index in [9.17, 15) is 19.1 Å². The number of hydrogen-bond acceptors (Lipinski definition) is 5. The van der Waals surface area contributed by atoms with Crippen LogP contribution in [-0.4, -0.2) is 27.8 Å². The van der Waals surface area contributed by atoms with E-state index in [1.807, 2.05) is 0 Å². The van der Waals surface area contributed by atoms with Crippen LogP contribution in [-0.2, 0) is 11.3 Å². The van der Waals surface area contributed by atoms with Crippen LogP contribution in [0.4, 0.5) is 9.18 Å². The van der Waals surface area contributed by atoms with Crippen molar-refractivity contribution in [1.82, 2.24) is 4.90 Å². The van der Waals surface area contributed by atoms with Gasteiger partial charge in [-0.05, 0) is 54.6 Å². The van der Waals surface area contributed by atoms with Gasteiger partial charge in [-0.25, -0.2) is 4.39 Å². The zero-order chi connectivity index (χ0) is 19.6. The Hall–Kier alpha value is -2.32. The van der Waals surface area contributed by atoms with Crippen molar-refractivity contribution in [1.29, 1.82) is 0 Å². The van der Waals surface area contributed by atoms with E-state index in [2.05, 4.69) is 15.9 Å². The van der Waals surface area contributed by atoms with E-state index in [1.54, 1.807) is 19.1 Å². The van der Waals surface area contributed by atoms with E-state index < -0.39 is 11.1 Å². The maximum atomic E-state index is 13.0. The summed E-state index contributed by atoms with van der Waals surface area (Å²) in [5.41, 5.74) is 1.00. The summed E-state index contributed by atoms with van der Waals surface area (Å²) < 4.78 is 19.1. The molecule has 5 nitrogen and oxygen atoms in total. The molecular weight excluding hydrogens is 437 g/mol. The van der Waals surface area contributed by atoms with Gasteiger partial charge in [-0.1, -0.05) is 28.1 Å². The van der Waals surface area contributed by atoms with Gasteiger partial charge in [0.15, 0.2) is 11.5 Å². The Balaban J connectivity index is 1.87. The Morgan fingerprint density at radius 2 is 1.96 bits per heavy atom. The van der Waals surface area contributed by atoms with E-state index in [0.717, 1.165) is 16.7 Å². The second-order valence-electron chi connectivity index (χ2n) is 5.67. The average molecular weight is 452 g/mol. The number of carbonyl (C=O) groups excluding carboxylic acids is 2. The third-order valence-corrected chi connectivity index (χ3v) is 5.15. The molecule has 0 radical (unpaired) electrons. The number of aromatic hydroxyl groups is 1. The summed E-state index contributed by atoms with van der Waals surface area (Å²) in [7, 11) is 0. The smallest absolute Gasteiger partial charge is 0.293 e. The molecule has 0 saturated carbocycles. The molecule has 1 N–H and O–H groups in total. The second kappa shape index (κ2) is 8.14. The molecule has 0 unspecified atom stereocenters. The molecule has 3 rings (SSSR count). The van der Waals surface area contributed by atoms with E-state index >= 15 is 0 Å². The minimum Gasteiger partial charge on any atom is -0.504 e. The molecule has 2 aromatic carbocycles. The fourth-order valence-electron chi connectivity index (χ4n) is 2.52. The number of thioether (sulfide) groups is 1. The number of nitrogens with zero attached hydrogens (tertiary/aromatic N) is 1. The van der Waals surface area contributed by atoms with Crippen molar-refractivity contribution >= 4 is 44.9 Å². The van der Waals surface area contributed by atoms with Crippen molar-refractivity contribution in [2.45, 2.75) is 13.5 Å². The van der Waals surface area contributed by atoms with Crippen molar-refractivity contribution in [3.05, 3.63) is 62.7 Å². The lowest BCUT2D eigenvalue weighted by atomic mass is 10.1. The monoisotopic (exact) mass is 451 g/mol. The molecule has 1 aliphatic heterocycles. The highest BCUT2D eigenvalue weighted by Crippen LogP contribution is 2.39. The summed E-state index contributed by atoms with van der Waals surface area (Å²) in [5, 5.41) is 9.92. The molecule has 1 fully saturated rings. The quantitative estimate of drug-likeness (QED) is 0.652. The van der Waals surface area contributed by atoms with Crippen molar-refractivity contribution in [3.63, 3.8) is 0 Å². The van der Waals surface area contributed by atoms with Crippen LogP contribution in [0.5, 0.6) is 11.5 Å². The first-order valence-electron chi connectivity index (χ1n) is 8.04. The molecule has 2 aromatic rings. The van der Waals surface area contributed by atoms with Gasteiger partial charge in [-0.3, -0.25) is 14.5 Å². The zero-order valence-electron chi connectivity index (χ0n) is 14.2. The largest absolute Gasteiger partial charge is 0.504 e. The first-order chi connectivity index (χ1) is 12.9. The zero-order valence-corrected chi connectivity index (χ0v) is 16.6. The van der Waals surface area contributed by atoms with E-state index in [4.69, 9.17) is 4.74 Å². The number of phenols is 1. The Kier molecular flexibility index (Phi) is 5.86. The molecule has 0 spiro atoms. The van der Waals surface area contributed by atoms with Gasteiger partial charge in [-0.15, -0.1) is 0 Å². The molecule has 8 heteroatoms. The maximum absolute atomic E-state index is 13.0. The summed E-state index contributed by atoms with van der Waals surface area (Å²) in [6.07, 6.45) is 1.46. The van der Waals surface area contributed by atoms with Gasteiger partial charge in [0.1, 0.15) is 5.82 Å². The highest BCUT2D eigenvalue weighted by atomic mass is 79.9. The van der Waals surface area contributed by atoms with Gasteiger partial charge in [0.25, 0.3) is 11.1 Å². The Morgan fingerprint density at radius 3 is 2.63 bits per heavy atom. The van der Waals surface area contributed by atoms with Crippen LogP contribution in [0.15, 0.2) is 45.8 Å². The third kappa shape index (κ3) is 4.33. The van der Waals surface area contributed by atoms with E-state index in [-0.39, 0.29) is 28.8 Å². The third-order valence-electron chi connectivity index (χ3n) is 3.78. The summed E-state index contributed by atoms with van der Waals surface area (Å²) in [4.78, 5) is 26.1. The van der Waals surface area contributed by atoms with Crippen molar-refractivity contribution < 1.29 is 23.8 Å². The SMILES string of the molecule is CCOc1cc(Br)cc(/C=C2\SC(=O)N(Cc3ccc(F)cc3)C2=O)c1O. The first-order valence-corrected chi connectivity index (χ1v) is 9.65. The molecule has 0 atom stereocenters. The highest BCUT2D eigenvalue weighted by molar-refractivity contribution is 9.10. The van der Waals surface area contributed by atoms with Gasteiger partial charge in [0.05, 0.1) is 18.1 Å². The Morgan fingerprint density at radius 1 is 1.26 bits per heavy atom. The number of imide groups is 1. The summed E-state index contributed by atoms with van der Waals surface area (Å²) in [6, 6.07) is 8.86. The van der Waals surface area contributed by atoms with Crippen molar-refractivity contribution in [2.75, 3.05) is 6.61 Å². The maximum Gasteiger partial charge on any atom is 0.293 e. The van der Waals surface area contributed by atoms with Crippen LogP contribution in [0, 0.1) is 5.82 Å². The number of hydrogen-bond donors (Lipinski definition) is 1. The molecule has 27 heavy (non-hydrogen) atoms. The number of phenolic OH excluding ortho intramolecular Hbond substituents is 1. The first kappa shape index (κ1) is 19.4. The fraction of sp³-hybridized carbons (Fsp3) is 0.158. The number of amides is 2. The topological polar surface area (TPSA) is 66.8 Å². The predicted molar refractivity (Wildman–Crippen MR) is 105 cm³/mol. The number of carbonyl (C=O) groups is 2. The lowest BCUT2D eigenvalue weighted by molar-refractivity contribution is -0.123. The molecular formula is C19H15BrFNO4S. The average Bonchev–Trinajstić information content (AvgIpc) is 2.88. The molecule has 0 aromatic heterocycles. The standard InChI is InChI=1S/C19H15BrFNO4S/c1-2-26-15-9-13(20)7-12(17(15)23)8-16-18(24)22(19(25)27-16)10-11-3-5-14(21)6-4-11/h3-9,23H,2,10H2,1H3/b16-8-. The molecule has 0 bridgehead atoms. The van der Waals surface area contributed by atoms with Gasteiger partial charge < -0.3 is 9.84 Å². The van der Waals surface area contributed by atoms with Gasteiger partial charge in [0.2, 0.25) is 0 Å². The number of benzene rings is 2. The molecule has 140 valence electrons. The number of ether oxygens (including phenoxy) is 1. The van der Waals surface area contributed by atoms with Gasteiger partial charge in [-0.2, -0.15) is 0 Å².